The quantitative estimate of drug-likeness (QED) is 0.497. The highest BCUT2D eigenvalue weighted by molar-refractivity contribution is 5.99. The van der Waals surface area contributed by atoms with Crippen LogP contribution in [-0.4, -0.2) is 11.8 Å². The van der Waals surface area contributed by atoms with Gasteiger partial charge in [0.15, 0.2) is 0 Å². The van der Waals surface area contributed by atoms with Crippen LogP contribution in [0.15, 0.2) is 90.5 Å². The molecular weight excluding hydrogens is 384 g/mol. The number of hydrogen-bond donors (Lipinski definition) is 2. The van der Waals surface area contributed by atoms with E-state index >= 15 is 0 Å². The minimum atomic E-state index is -0.0751. The Morgan fingerprint density at radius 1 is 0.710 bits per heavy atom. The smallest absolute Gasteiger partial charge is 0.248 e. The number of nitrogens with one attached hydrogen (secondary N) is 2. The van der Waals surface area contributed by atoms with Crippen LogP contribution in [0.25, 0.3) is 0 Å². The molecule has 0 aliphatic rings. The Labute approximate surface area is 185 Å². The maximum atomic E-state index is 11.8. The van der Waals surface area contributed by atoms with Gasteiger partial charge in [-0.05, 0) is 57.5 Å². The van der Waals surface area contributed by atoms with E-state index in [9.17, 15) is 9.59 Å². The number of benzene rings is 3. The summed E-state index contributed by atoms with van der Waals surface area (Å²) >= 11 is 0. The van der Waals surface area contributed by atoms with E-state index in [1.54, 1.807) is 6.08 Å². The molecule has 0 aromatic heterocycles. The number of rotatable bonds is 5. The van der Waals surface area contributed by atoms with Crippen molar-refractivity contribution in [3.05, 3.63) is 107 Å². The number of hydrogen-bond acceptors (Lipinski definition) is 2. The third-order valence-corrected chi connectivity index (χ3v) is 4.28. The van der Waals surface area contributed by atoms with Gasteiger partial charge in [0.05, 0.1) is 6.42 Å². The Morgan fingerprint density at radius 3 is 1.68 bits per heavy atom. The highest BCUT2D eigenvalue weighted by atomic mass is 16.2. The molecule has 4 nitrogen and oxygen atoms in total. The lowest BCUT2D eigenvalue weighted by atomic mass is 10.1. The van der Waals surface area contributed by atoms with Crippen molar-refractivity contribution < 1.29 is 9.59 Å². The maximum Gasteiger partial charge on any atom is 0.248 e. The summed E-state index contributed by atoms with van der Waals surface area (Å²) in [5.41, 5.74) is 6.07. The van der Waals surface area contributed by atoms with Gasteiger partial charge in [0.1, 0.15) is 0 Å². The Kier molecular flexibility index (Phi) is 9.24. The maximum absolute atomic E-state index is 11.8. The van der Waals surface area contributed by atoms with Gasteiger partial charge in [0.25, 0.3) is 0 Å². The Hall–Kier alpha value is -3.66. The largest absolute Gasteiger partial charge is 0.326 e. The minimum Gasteiger partial charge on any atom is -0.326 e. The van der Waals surface area contributed by atoms with Gasteiger partial charge >= 0.3 is 0 Å². The molecule has 0 aliphatic carbocycles. The number of carbonyl (C=O) groups excluding carboxylic acids is 2. The average Bonchev–Trinajstić information content (AvgIpc) is 2.72. The van der Waals surface area contributed by atoms with E-state index in [-0.39, 0.29) is 11.8 Å². The number of anilines is 2. The fourth-order valence-electron chi connectivity index (χ4n) is 2.70. The molecule has 4 heteroatoms. The second-order valence-electron chi connectivity index (χ2n) is 7.65. The summed E-state index contributed by atoms with van der Waals surface area (Å²) in [5.74, 6) is -0.0612. The molecule has 0 unspecified atom stereocenters. The molecule has 3 aromatic rings. The molecule has 2 N–H and O–H groups in total. The molecule has 0 saturated heterocycles. The summed E-state index contributed by atoms with van der Waals surface area (Å²) in [7, 11) is 0. The molecule has 31 heavy (non-hydrogen) atoms. The third-order valence-electron chi connectivity index (χ3n) is 4.28. The molecule has 0 radical (unpaired) electrons. The molecule has 3 rings (SSSR count). The van der Waals surface area contributed by atoms with Gasteiger partial charge in [-0.25, -0.2) is 0 Å². The standard InChI is InChI=1S/C15H15NO.C12H15NO/c1-12-7-9-14(10-8-12)16-15(17)11-13-5-3-2-4-6-13;1-9(2)8-12(14)13-11-6-4-10(3)5-7-11/h2-10H,11H2,1H3,(H,16,17);4-8H,1-3H3,(H,13,14). The van der Waals surface area contributed by atoms with Gasteiger partial charge in [0.2, 0.25) is 11.8 Å². The van der Waals surface area contributed by atoms with E-state index in [1.165, 1.54) is 11.1 Å². The zero-order valence-corrected chi connectivity index (χ0v) is 18.6. The molecule has 160 valence electrons. The van der Waals surface area contributed by atoms with E-state index in [4.69, 9.17) is 0 Å². The van der Waals surface area contributed by atoms with Crippen LogP contribution in [0.2, 0.25) is 0 Å². The summed E-state index contributed by atoms with van der Waals surface area (Å²) in [5, 5.41) is 5.66. The monoisotopic (exact) mass is 414 g/mol. The Balaban J connectivity index is 0.000000225. The first-order valence-corrected chi connectivity index (χ1v) is 10.2. The minimum absolute atomic E-state index is 0.0139. The van der Waals surface area contributed by atoms with Crippen molar-refractivity contribution in [2.75, 3.05) is 10.6 Å². The van der Waals surface area contributed by atoms with Crippen molar-refractivity contribution in [3.63, 3.8) is 0 Å². The van der Waals surface area contributed by atoms with Crippen molar-refractivity contribution >= 4 is 23.2 Å². The van der Waals surface area contributed by atoms with Gasteiger partial charge in [0, 0.05) is 17.5 Å². The average molecular weight is 415 g/mol. The zero-order chi connectivity index (χ0) is 22.6. The van der Waals surface area contributed by atoms with E-state index in [0.717, 1.165) is 22.5 Å². The first-order valence-electron chi connectivity index (χ1n) is 10.2. The summed E-state index contributed by atoms with van der Waals surface area (Å²) in [6.45, 7) is 7.83. The van der Waals surface area contributed by atoms with Gasteiger partial charge in [-0.15, -0.1) is 0 Å². The van der Waals surface area contributed by atoms with Crippen molar-refractivity contribution in [3.8, 4) is 0 Å². The van der Waals surface area contributed by atoms with Crippen LogP contribution < -0.4 is 10.6 Å². The molecule has 0 heterocycles. The van der Waals surface area contributed by atoms with Gasteiger partial charge in [-0.1, -0.05) is 71.3 Å². The second kappa shape index (κ2) is 12.1. The topological polar surface area (TPSA) is 58.2 Å². The number of amides is 2. The van der Waals surface area contributed by atoms with Crippen LogP contribution in [0, 0.1) is 13.8 Å². The van der Waals surface area contributed by atoms with E-state index < -0.39 is 0 Å². The van der Waals surface area contributed by atoms with Crippen molar-refractivity contribution in [2.45, 2.75) is 34.1 Å². The normalized spacial score (nSPS) is 9.68. The lowest BCUT2D eigenvalue weighted by Gasteiger charge is -2.05. The van der Waals surface area contributed by atoms with Crippen molar-refractivity contribution in [2.24, 2.45) is 0 Å². The van der Waals surface area contributed by atoms with Crippen molar-refractivity contribution in [1.29, 1.82) is 0 Å². The molecule has 2 amide bonds. The number of aryl methyl sites for hydroxylation is 2. The van der Waals surface area contributed by atoms with Gasteiger partial charge in [-0.2, -0.15) is 0 Å². The highest BCUT2D eigenvalue weighted by Crippen LogP contribution is 2.10. The lowest BCUT2D eigenvalue weighted by Crippen LogP contribution is -2.14. The lowest BCUT2D eigenvalue weighted by molar-refractivity contribution is -0.115. The summed E-state index contributed by atoms with van der Waals surface area (Å²) in [6.07, 6.45) is 1.99. The zero-order valence-electron chi connectivity index (χ0n) is 18.6. The molecular formula is C27H30N2O2. The number of allylic oxidation sites excluding steroid dienone is 1. The second-order valence-corrected chi connectivity index (χ2v) is 7.65. The fourth-order valence-corrected chi connectivity index (χ4v) is 2.70. The molecule has 0 aliphatic heterocycles. The third kappa shape index (κ3) is 9.59. The SMILES string of the molecule is CC(C)=CC(=O)Nc1ccc(C)cc1.Cc1ccc(NC(=O)Cc2ccccc2)cc1. The van der Waals surface area contributed by atoms with Crippen LogP contribution in [0.1, 0.15) is 30.5 Å². The summed E-state index contributed by atoms with van der Waals surface area (Å²) in [6, 6.07) is 25.3. The molecule has 0 bridgehead atoms. The molecule has 0 atom stereocenters. The molecule has 0 spiro atoms. The van der Waals surface area contributed by atoms with E-state index in [2.05, 4.69) is 10.6 Å². The first-order chi connectivity index (χ1) is 14.8. The predicted octanol–water partition coefficient (Wildman–Crippen LogP) is 6.08. The van der Waals surface area contributed by atoms with Crippen LogP contribution in [0.4, 0.5) is 11.4 Å². The van der Waals surface area contributed by atoms with E-state index in [0.29, 0.717) is 6.42 Å². The molecule has 0 fully saturated rings. The predicted molar refractivity (Wildman–Crippen MR) is 129 cm³/mol. The Bertz CT molecular complexity index is 1000. The van der Waals surface area contributed by atoms with Crippen LogP contribution in [0.5, 0.6) is 0 Å². The van der Waals surface area contributed by atoms with E-state index in [1.807, 2.05) is 107 Å². The molecule has 0 saturated carbocycles. The fraction of sp³-hybridized carbons (Fsp3) is 0.185. The summed E-state index contributed by atoms with van der Waals surface area (Å²) in [4.78, 5) is 23.1. The first kappa shape index (κ1) is 23.6. The Morgan fingerprint density at radius 2 is 1.19 bits per heavy atom. The summed E-state index contributed by atoms with van der Waals surface area (Å²) < 4.78 is 0. The van der Waals surface area contributed by atoms with Crippen molar-refractivity contribution in [1.82, 2.24) is 0 Å². The van der Waals surface area contributed by atoms with Gasteiger partial charge in [-0.3, -0.25) is 9.59 Å². The number of carbonyl (C=O) groups is 2. The van der Waals surface area contributed by atoms with Gasteiger partial charge < -0.3 is 10.6 Å². The molecule has 3 aromatic carbocycles. The van der Waals surface area contributed by atoms with Crippen LogP contribution in [0.3, 0.4) is 0 Å². The van der Waals surface area contributed by atoms with Crippen LogP contribution in [-0.2, 0) is 16.0 Å². The highest BCUT2D eigenvalue weighted by Gasteiger charge is 2.03. The van der Waals surface area contributed by atoms with Crippen LogP contribution >= 0.6 is 0 Å².